The van der Waals surface area contributed by atoms with Crippen LogP contribution in [0.2, 0.25) is 0 Å². The molecule has 0 fully saturated rings. The topological polar surface area (TPSA) is 78.9 Å². The molecule has 1 unspecified atom stereocenters. The van der Waals surface area contributed by atoms with Crippen molar-refractivity contribution in [2.24, 2.45) is 0 Å². The lowest BCUT2D eigenvalue weighted by Crippen LogP contribution is -2.30. The quantitative estimate of drug-likeness (QED) is 0.0261. The van der Waals surface area contributed by atoms with Crippen LogP contribution >= 0.6 is 0 Å². The van der Waals surface area contributed by atoms with Gasteiger partial charge in [-0.2, -0.15) is 0 Å². The first-order chi connectivity index (χ1) is 40.0. The number of rotatable bonds is 59. The second kappa shape index (κ2) is 67.8. The first-order valence-electron chi connectivity index (χ1n) is 33.3. The predicted octanol–water partition coefficient (Wildman–Crippen LogP) is 23.1. The minimum Gasteiger partial charge on any atom is -0.462 e. The van der Waals surface area contributed by atoms with Crippen molar-refractivity contribution in [2.45, 2.75) is 297 Å². The van der Waals surface area contributed by atoms with E-state index in [0.29, 0.717) is 19.3 Å². The van der Waals surface area contributed by atoms with E-state index >= 15 is 0 Å². The highest BCUT2D eigenvalue weighted by molar-refractivity contribution is 5.71. The molecule has 0 aromatic carbocycles. The summed E-state index contributed by atoms with van der Waals surface area (Å²) in [5, 5.41) is 0. The fourth-order valence-corrected chi connectivity index (χ4v) is 8.88. The number of unbranched alkanes of at least 4 members (excludes halogenated alkanes) is 24. The fourth-order valence-electron chi connectivity index (χ4n) is 8.88. The van der Waals surface area contributed by atoms with Gasteiger partial charge in [0.05, 0.1) is 0 Å². The number of esters is 3. The Labute approximate surface area is 499 Å². The third kappa shape index (κ3) is 66.0. The molecule has 0 aromatic heterocycles. The van der Waals surface area contributed by atoms with E-state index in [0.717, 1.165) is 161 Å². The molecule has 0 N–H and O–H groups in total. The lowest BCUT2D eigenvalue weighted by Gasteiger charge is -2.18. The molecule has 6 nitrogen and oxygen atoms in total. The van der Waals surface area contributed by atoms with Crippen molar-refractivity contribution < 1.29 is 28.6 Å². The van der Waals surface area contributed by atoms with Crippen LogP contribution < -0.4 is 0 Å². The molecule has 1 atom stereocenters. The van der Waals surface area contributed by atoms with Crippen molar-refractivity contribution in [3.8, 4) is 0 Å². The lowest BCUT2D eigenvalue weighted by atomic mass is 10.1. The number of ether oxygens (including phenoxy) is 3. The molecule has 0 saturated heterocycles. The second-order valence-corrected chi connectivity index (χ2v) is 21.6. The smallest absolute Gasteiger partial charge is 0.306 e. The molecular weight excluding hydrogens is 997 g/mol. The van der Waals surface area contributed by atoms with E-state index in [1.807, 2.05) is 0 Å². The predicted molar refractivity (Wildman–Crippen MR) is 352 cm³/mol. The molecule has 0 aromatic rings. The SMILES string of the molecule is CC/C=C\C/C=C\C/C=C\C/C=C\C/C=C\CCCCCCCCCCCC(=O)OCC(COC(=O)CCCCCCCC/C=C\C/C=C\C/C=C\CCCCC)OC(=O)CCCCCCCC/C=C\C/C=C\C/C=C\C/C=C\CC. The fraction of sp³-hybridized carbons (Fsp3) is 0.640. The zero-order valence-corrected chi connectivity index (χ0v) is 52.5. The Morgan fingerprint density at radius 2 is 0.481 bits per heavy atom. The molecule has 0 radical (unpaired) electrons. The largest absolute Gasteiger partial charge is 0.462 e. The van der Waals surface area contributed by atoms with Gasteiger partial charge in [0.25, 0.3) is 0 Å². The lowest BCUT2D eigenvalue weighted by molar-refractivity contribution is -0.167. The van der Waals surface area contributed by atoms with Crippen LogP contribution in [0.4, 0.5) is 0 Å². The van der Waals surface area contributed by atoms with E-state index in [9.17, 15) is 14.4 Å². The van der Waals surface area contributed by atoms with E-state index in [4.69, 9.17) is 14.2 Å². The van der Waals surface area contributed by atoms with Crippen LogP contribution in [-0.4, -0.2) is 37.2 Å². The highest BCUT2D eigenvalue weighted by Gasteiger charge is 2.19. The van der Waals surface area contributed by atoms with Crippen molar-refractivity contribution >= 4 is 17.9 Å². The molecule has 0 spiro atoms. The summed E-state index contributed by atoms with van der Waals surface area (Å²) >= 11 is 0. The van der Waals surface area contributed by atoms with Gasteiger partial charge in [-0.15, -0.1) is 0 Å². The van der Waals surface area contributed by atoms with Crippen molar-refractivity contribution in [3.63, 3.8) is 0 Å². The summed E-state index contributed by atoms with van der Waals surface area (Å²) in [6.07, 6.45) is 97.0. The third-order valence-corrected chi connectivity index (χ3v) is 13.8. The van der Waals surface area contributed by atoms with Crippen LogP contribution in [-0.2, 0) is 28.6 Å². The molecule has 0 amide bonds. The highest BCUT2D eigenvalue weighted by atomic mass is 16.6. The van der Waals surface area contributed by atoms with Crippen molar-refractivity contribution in [1.29, 1.82) is 0 Å². The average molecular weight is 1120 g/mol. The maximum atomic E-state index is 12.9. The molecule has 0 saturated carbocycles. The van der Waals surface area contributed by atoms with Gasteiger partial charge in [0, 0.05) is 19.3 Å². The van der Waals surface area contributed by atoms with Crippen molar-refractivity contribution in [1.82, 2.24) is 0 Å². The van der Waals surface area contributed by atoms with Crippen LogP contribution in [0.1, 0.15) is 290 Å². The minimum absolute atomic E-state index is 0.0963. The maximum absolute atomic E-state index is 12.9. The Hall–Kier alpha value is -4.71. The van der Waals surface area contributed by atoms with E-state index in [2.05, 4.69) is 167 Å². The van der Waals surface area contributed by atoms with Gasteiger partial charge in [0.1, 0.15) is 13.2 Å². The number of carbonyl (C=O) groups is 3. The van der Waals surface area contributed by atoms with E-state index in [-0.39, 0.29) is 31.1 Å². The van der Waals surface area contributed by atoms with Gasteiger partial charge >= 0.3 is 17.9 Å². The van der Waals surface area contributed by atoms with E-state index in [1.54, 1.807) is 0 Å². The zero-order valence-electron chi connectivity index (χ0n) is 52.5. The van der Waals surface area contributed by atoms with Crippen LogP contribution in [0, 0.1) is 0 Å². The summed E-state index contributed by atoms with van der Waals surface area (Å²) in [7, 11) is 0. The molecule has 81 heavy (non-hydrogen) atoms. The molecule has 6 heteroatoms. The van der Waals surface area contributed by atoms with Crippen LogP contribution in [0.25, 0.3) is 0 Å². The molecule has 458 valence electrons. The van der Waals surface area contributed by atoms with Crippen LogP contribution in [0.5, 0.6) is 0 Å². The summed E-state index contributed by atoms with van der Waals surface area (Å²) in [5.41, 5.74) is 0. The van der Waals surface area contributed by atoms with Gasteiger partial charge in [-0.05, 0) is 141 Å². The average Bonchev–Trinajstić information content (AvgIpc) is 3.47. The Kier molecular flexibility index (Phi) is 63.9. The number of carbonyl (C=O) groups excluding carboxylic acids is 3. The number of hydrogen-bond donors (Lipinski definition) is 0. The molecule has 0 aliphatic rings. The first-order valence-corrected chi connectivity index (χ1v) is 33.3. The van der Waals surface area contributed by atoms with E-state index < -0.39 is 6.10 Å². The maximum Gasteiger partial charge on any atom is 0.306 e. The monoisotopic (exact) mass is 1120 g/mol. The van der Waals surface area contributed by atoms with Gasteiger partial charge in [-0.3, -0.25) is 14.4 Å². The van der Waals surface area contributed by atoms with Gasteiger partial charge in [-0.25, -0.2) is 0 Å². The molecule has 0 rings (SSSR count). The second-order valence-electron chi connectivity index (χ2n) is 21.6. The summed E-state index contributed by atoms with van der Waals surface area (Å²) < 4.78 is 16.9. The molecular formula is C75H122O6. The van der Waals surface area contributed by atoms with Gasteiger partial charge in [0.15, 0.2) is 6.10 Å². The Balaban J connectivity index is 4.45. The van der Waals surface area contributed by atoms with Crippen LogP contribution in [0.3, 0.4) is 0 Å². The summed E-state index contributed by atoms with van der Waals surface area (Å²) in [6.45, 7) is 6.37. The van der Waals surface area contributed by atoms with Crippen molar-refractivity contribution in [3.05, 3.63) is 146 Å². The molecule has 0 heterocycles. The van der Waals surface area contributed by atoms with Crippen LogP contribution in [0.15, 0.2) is 146 Å². The molecule has 0 aliphatic carbocycles. The van der Waals surface area contributed by atoms with E-state index in [1.165, 1.54) is 89.9 Å². The van der Waals surface area contributed by atoms with Crippen molar-refractivity contribution in [2.75, 3.05) is 13.2 Å². The van der Waals surface area contributed by atoms with Gasteiger partial charge in [-0.1, -0.05) is 276 Å². The van der Waals surface area contributed by atoms with Gasteiger partial charge < -0.3 is 14.2 Å². The normalized spacial score (nSPS) is 13.1. The van der Waals surface area contributed by atoms with Gasteiger partial charge in [0.2, 0.25) is 0 Å². The number of hydrogen-bond acceptors (Lipinski definition) is 6. The summed E-state index contributed by atoms with van der Waals surface area (Å²) in [5.74, 6) is -0.926. The highest BCUT2D eigenvalue weighted by Crippen LogP contribution is 2.15. The Bertz CT molecular complexity index is 1760. The zero-order chi connectivity index (χ0) is 58.5. The summed E-state index contributed by atoms with van der Waals surface area (Å²) in [6, 6.07) is 0. The molecule has 0 bridgehead atoms. The standard InChI is InChI=1S/C75H122O6/c1-4-7-10-13-16-19-22-25-28-31-34-35-36-37-38-39-42-44-47-50-53-56-59-62-65-68-74(77)80-71-72(81-75(78)69-66-63-60-57-54-51-48-45-41-33-30-27-24-21-18-15-12-9-6-3)70-79-73(76)67-64-61-58-55-52-49-46-43-40-32-29-26-23-20-17-14-11-8-5-2/h7,9-10,12,16-21,25-30,34-35,37-38,40-41,43,45,72H,4-6,8,11,13-15,22-24,31-33,36,39,42,44,46-71H2,1-3H3/b10-7-,12-9-,19-16-,20-17-,21-18-,28-25-,29-26-,30-27-,35-34-,38-37-,43-40-,45-41-. The minimum atomic E-state index is -0.803. The Morgan fingerprint density at radius 1 is 0.259 bits per heavy atom. The third-order valence-electron chi connectivity index (χ3n) is 13.8. The molecule has 0 aliphatic heterocycles. The first kappa shape index (κ1) is 76.3. The number of allylic oxidation sites excluding steroid dienone is 24. The summed E-state index contributed by atoms with van der Waals surface area (Å²) in [4.78, 5) is 38.4. The Morgan fingerprint density at radius 3 is 0.753 bits per heavy atom.